The Hall–Kier alpha value is -2.05. The molecule has 3 rings (SSSR count). The average Bonchev–Trinajstić information content (AvgIpc) is 2.97. The van der Waals surface area contributed by atoms with Crippen molar-refractivity contribution in [1.82, 2.24) is 14.1 Å². The van der Waals surface area contributed by atoms with Gasteiger partial charge in [0.15, 0.2) is 5.16 Å². The summed E-state index contributed by atoms with van der Waals surface area (Å²) in [6.07, 6.45) is 4.74. The van der Waals surface area contributed by atoms with Gasteiger partial charge in [0.05, 0.1) is 0 Å². The highest BCUT2D eigenvalue weighted by molar-refractivity contribution is 7.98. The molecule has 0 unspecified atom stereocenters. The fourth-order valence-electron chi connectivity index (χ4n) is 3.00. The summed E-state index contributed by atoms with van der Waals surface area (Å²) in [5.41, 5.74) is 3.49. The van der Waals surface area contributed by atoms with Gasteiger partial charge in [0.2, 0.25) is 0 Å². The second-order valence-electron chi connectivity index (χ2n) is 5.82. The summed E-state index contributed by atoms with van der Waals surface area (Å²) in [5.74, 6) is 0. The van der Waals surface area contributed by atoms with Gasteiger partial charge in [0.1, 0.15) is 11.0 Å². The van der Waals surface area contributed by atoms with Crippen LogP contribution in [0.5, 0.6) is 0 Å². The first-order valence-electron chi connectivity index (χ1n) is 8.44. The van der Waals surface area contributed by atoms with Gasteiger partial charge in [-0.25, -0.2) is 4.98 Å². The number of aryl methyl sites for hydroxylation is 1. The number of ether oxygens (including phenoxy) is 1. The first-order chi connectivity index (χ1) is 12.2. The Morgan fingerprint density at radius 1 is 1.24 bits per heavy atom. The lowest BCUT2D eigenvalue weighted by Gasteiger charge is -2.11. The molecule has 0 aliphatic carbocycles. The van der Waals surface area contributed by atoms with Crippen LogP contribution in [0.25, 0.3) is 22.2 Å². The van der Waals surface area contributed by atoms with E-state index in [9.17, 15) is 4.79 Å². The van der Waals surface area contributed by atoms with Crippen LogP contribution < -0.4 is 5.56 Å². The lowest BCUT2D eigenvalue weighted by Crippen LogP contribution is -2.25. The highest BCUT2D eigenvalue weighted by Gasteiger charge is 2.17. The number of fused-ring (bicyclic) bond motifs is 1. The number of rotatable bonds is 7. The van der Waals surface area contributed by atoms with Crippen molar-refractivity contribution in [3.8, 4) is 11.1 Å². The summed E-state index contributed by atoms with van der Waals surface area (Å²) >= 11 is 1.50. The molecule has 2 heterocycles. The first kappa shape index (κ1) is 17.8. The van der Waals surface area contributed by atoms with Crippen molar-refractivity contribution < 1.29 is 4.74 Å². The molecule has 0 saturated heterocycles. The van der Waals surface area contributed by atoms with Gasteiger partial charge in [0, 0.05) is 38.6 Å². The van der Waals surface area contributed by atoms with Crippen LogP contribution in [-0.4, -0.2) is 33.6 Å². The van der Waals surface area contributed by atoms with E-state index in [0.717, 1.165) is 28.2 Å². The Balaban J connectivity index is 2.11. The Morgan fingerprint density at radius 2 is 2.00 bits per heavy atom. The summed E-state index contributed by atoms with van der Waals surface area (Å²) < 4.78 is 9.04. The standard InChI is InChI=1S/C19H23N3O2S/c1-4-24-12-8-11-22-18(23)17-16(20-19(22)25-3)15(13-21(17)2)14-9-6-5-7-10-14/h5-7,9-10,13H,4,8,11-12H2,1-3H3. The van der Waals surface area contributed by atoms with Crippen LogP contribution >= 0.6 is 11.8 Å². The summed E-state index contributed by atoms with van der Waals surface area (Å²) in [6, 6.07) is 10.1. The molecule has 25 heavy (non-hydrogen) atoms. The second-order valence-corrected chi connectivity index (χ2v) is 6.60. The molecule has 0 amide bonds. The minimum absolute atomic E-state index is 0.00975. The van der Waals surface area contributed by atoms with Crippen LogP contribution in [0.3, 0.4) is 0 Å². The molecule has 5 nitrogen and oxygen atoms in total. The van der Waals surface area contributed by atoms with E-state index < -0.39 is 0 Å². The number of benzene rings is 1. The fourth-order valence-corrected chi connectivity index (χ4v) is 3.58. The van der Waals surface area contributed by atoms with Crippen molar-refractivity contribution in [2.75, 3.05) is 19.5 Å². The molecule has 2 aromatic heterocycles. The Labute approximate surface area is 151 Å². The maximum atomic E-state index is 13.1. The first-order valence-corrected chi connectivity index (χ1v) is 9.66. The quantitative estimate of drug-likeness (QED) is 0.369. The van der Waals surface area contributed by atoms with Crippen molar-refractivity contribution in [2.24, 2.45) is 7.05 Å². The number of hydrogen-bond donors (Lipinski definition) is 0. The van der Waals surface area contributed by atoms with Gasteiger partial charge in [-0.1, -0.05) is 42.1 Å². The molecule has 0 saturated carbocycles. The molecule has 132 valence electrons. The van der Waals surface area contributed by atoms with E-state index in [-0.39, 0.29) is 5.56 Å². The number of hydrogen-bond acceptors (Lipinski definition) is 4. The summed E-state index contributed by atoms with van der Waals surface area (Å²) in [5, 5.41) is 0.748. The topological polar surface area (TPSA) is 49.0 Å². The molecule has 0 N–H and O–H groups in total. The molecule has 0 aliphatic rings. The van der Waals surface area contributed by atoms with Gasteiger partial charge in [-0.15, -0.1) is 0 Å². The van der Waals surface area contributed by atoms with Crippen LogP contribution in [0.15, 0.2) is 46.5 Å². The van der Waals surface area contributed by atoms with Crippen molar-refractivity contribution in [3.05, 3.63) is 46.9 Å². The smallest absolute Gasteiger partial charge is 0.278 e. The molecule has 0 aliphatic heterocycles. The van der Waals surface area contributed by atoms with E-state index in [4.69, 9.17) is 9.72 Å². The summed E-state index contributed by atoms with van der Waals surface area (Å²) in [4.78, 5) is 17.9. The van der Waals surface area contributed by atoms with E-state index >= 15 is 0 Å². The maximum Gasteiger partial charge on any atom is 0.278 e. The Bertz CT molecular complexity index is 916. The Morgan fingerprint density at radius 3 is 2.68 bits per heavy atom. The van der Waals surface area contributed by atoms with Crippen LogP contribution in [0.1, 0.15) is 13.3 Å². The largest absolute Gasteiger partial charge is 0.382 e. The van der Waals surface area contributed by atoms with Crippen molar-refractivity contribution >= 4 is 22.8 Å². The minimum atomic E-state index is 0.00975. The zero-order valence-corrected chi connectivity index (χ0v) is 15.7. The van der Waals surface area contributed by atoms with Crippen molar-refractivity contribution in [3.63, 3.8) is 0 Å². The molecule has 0 bridgehead atoms. The van der Waals surface area contributed by atoms with Crippen LogP contribution in [0, 0.1) is 0 Å². The molecule has 0 fully saturated rings. The molecular weight excluding hydrogens is 334 g/mol. The third kappa shape index (κ3) is 3.50. The molecular formula is C19H23N3O2S. The van der Waals surface area contributed by atoms with E-state index in [1.165, 1.54) is 11.8 Å². The fraction of sp³-hybridized carbons (Fsp3) is 0.368. The van der Waals surface area contributed by atoms with E-state index in [0.29, 0.717) is 25.3 Å². The van der Waals surface area contributed by atoms with Gasteiger partial charge in [-0.05, 0) is 25.2 Å². The Kier molecular flexibility index (Phi) is 5.60. The number of nitrogens with zero attached hydrogens (tertiary/aromatic N) is 3. The van der Waals surface area contributed by atoms with Crippen LogP contribution in [0.4, 0.5) is 0 Å². The third-order valence-electron chi connectivity index (χ3n) is 4.18. The average molecular weight is 357 g/mol. The van der Waals surface area contributed by atoms with Crippen molar-refractivity contribution in [1.29, 1.82) is 0 Å². The summed E-state index contributed by atoms with van der Waals surface area (Å²) in [7, 11) is 1.90. The van der Waals surface area contributed by atoms with Gasteiger partial charge in [0.25, 0.3) is 5.56 Å². The summed E-state index contributed by atoms with van der Waals surface area (Å²) in [6.45, 7) is 3.93. The zero-order chi connectivity index (χ0) is 17.8. The molecule has 3 aromatic rings. The van der Waals surface area contributed by atoms with Gasteiger partial charge in [-0.3, -0.25) is 9.36 Å². The molecule has 0 spiro atoms. The number of aromatic nitrogens is 3. The maximum absolute atomic E-state index is 13.1. The number of thioether (sulfide) groups is 1. The van der Waals surface area contributed by atoms with Crippen molar-refractivity contribution in [2.45, 2.75) is 25.0 Å². The van der Waals surface area contributed by atoms with Gasteiger partial charge < -0.3 is 9.30 Å². The van der Waals surface area contributed by atoms with Crippen LogP contribution in [0.2, 0.25) is 0 Å². The third-order valence-corrected chi connectivity index (χ3v) is 4.86. The minimum Gasteiger partial charge on any atom is -0.382 e. The lowest BCUT2D eigenvalue weighted by atomic mass is 10.1. The molecule has 1 aromatic carbocycles. The lowest BCUT2D eigenvalue weighted by molar-refractivity contribution is 0.140. The van der Waals surface area contributed by atoms with Crippen LogP contribution in [-0.2, 0) is 18.3 Å². The molecule has 0 atom stereocenters. The molecule has 6 heteroatoms. The predicted molar refractivity (Wildman–Crippen MR) is 103 cm³/mol. The van der Waals surface area contributed by atoms with Gasteiger partial charge in [-0.2, -0.15) is 0 Å². The van der Waals surface area contributed by atoms with Gasteiger partial charge >= 0.3 is 0 Å². The predicted octanol–water partition coefficient (Wildman–Crippen LogP) is 3.55. The SMILES string of the molecule is CCOCCCn1c(SC)nc2c(-c3ccccc3)cn(C)c2c1=O. The normalized spacial score (nSPS) is 11.3. The highest BCUT2D eigenvalue weighted by Crippen LogP contribution is 2.28. The second kappa shape index (κ2) is 7.89. The van der Waals surface area contributed by atoms with E-state index in [1.54, 1.807) is 4.57 Å². The monoisotopic (exact) mass is 357 g/mol. The van der Waals surface area contributed by atoms with E-state index in [1.807, 2.05) is 61.3 Å². The zero-order valence-electron chi connectivity index (χ0n) is 14.9. The highest BCUT2D eigenvalue weighted by atomic mass is 32.2. The van der Waals surface area contributed by atoms with E-state index in [2.05, 4.69) is 0 Å². The molecule has 0 radical (unpaired) electrons.